The summed E-state index contributed by atoms with van der Waals surface area (Å²) < 4.78 is 0. The highest BCUT2D eigenvalue weighted by Gasteiger charge is 2.44. The molecule has 0 aromatic carbocycles. The van der Waals surface area contributed by atoms with Crippen LogP contribution in [-0.4, -0.2) is 44.3 Å². The van der Waals surface area contributed by atoms with E-state index in [0.29, 0.717) is 31.1 Å². The number of hydrogen-bond donors (Lipinski definition) is 4. The van der Waals surface area contributed by atoms with Crippen LogP contribution in [0.1, 0.15) is 443 Å². The van der Waals surface area contributed by atoms with Crippen LogP contribution < -0.4 is 0 Å². The molecule has 0 saturated carbocycles. The van der Waals surface area contributed by atoms with Gasteiger partial charge in [-0.2, -0.15) is 0 Å². The van der Waals surface area contributed by atoms with Crippen LogP contribution in [0.4, 0.5) is 0 Å². The third-order valence-corrected chi connectivity index (χ3v) is 19.5. The maximum atomic E-state index is 13.5. The van der Waals surface area contributed by atoms with E-state index in [1.165, 1.54) is 205 Å². The summed E-state index contributed by atoms with van der Waals surface area (Å²) in [5.74, 6) is -3.77. The Morgan fingerprint density at radius 3 is 0.411 bits per heavy atom. The normalized spacial score (nSPS) is 14.0. The number of aliphatic carboxylic acids is 4. The van der Waals surface area contributed by atoms with Crippen LogP contribution in [0.25, 0.3) is 0 Å². The lowest BCUT2D eigenvalue weighted by Crippen LogP contribution is -2.38. The quantitative estimate of drug-likeness (QED) is 0.0440. The van der Waals surface area contributed by atoms with Gasteiger partial charge < -0.3 is 20.4 Å². The summed E-state index contributed by atoms with van der Waals surface area (Å²) in [5, 5.41) is 44.2. The van der Waals surface area contributed by atoms with Crippen molar-refractivity contribution in [2.75, 3.05) is 0 Å². The zero-order chi connectivity index (χ0) is 67.5. The van der Waals surface area contributed by atoms with Crippen molar-refractivity contribution in [3.05, 3.63) is 0 Å². The fraction of sp³-hybridized carbons (Fsp3) is 0.951. The smallest absolute Gasteiger partial charge is 0.306 e. The van der Waals surface area contributed by atoms with Crippen molar-refractivity contribution in [2.45, 2.75) is 443 Å². The van der Waals surface area contributed by atoms with E-state index < -0.39 is 53.0 Å². The van der Waals surface area contributed by atoms with Crippen LogP contribution in [0.5, 0.6) is 0 Å². The molecule has 0 aromatic rings. The molecular weight excluding hydrogens is 1110 g/mol. The van der Waals surface area contributed by atoms with Gasteiger partial charge in [-0.15, -0.1) is 0 Å². The molecular formula is C82H160O8. The van der Waals surface area contributed by atoms with E-state index in [-0.39, 0.29) is 25.7 Å². The monoisotopic (exact) mass is 1270 g/mol. The molecule has 4 N–H and O–H groups in total. The highest BCUT2D eigenvalue weighted by molar-refractivity contribution is 5.73. The first-order chi connectivity index (χ1) is 42.9. The van der Waals surface area contributed by atoms with Gasteiger partial charge in [-0.3, -0.25) is 19.2 Å². The van der Waals surface area contributed by atoms with Crippen molar-refractivity contribution < 1.29 is 39.6 Å². The molecule has 0 bridgehead atoms. The van der Waals surface area contributed by atoms with Gasteiger partial charge in [0, 0.05) is 0 Å². The number of rotatable bonds is 68. The van der Waals surface area contributed by atoms with Gasteiger partial charge in [0.25, 0.3) is 0 Å². The first kappa shape index (κ1) is 89.9. The van der Waals surface area contributed by atoms with Crippen molar-refractivity contribution in [2.24, 2.45) is 58.2 Å². The summed E-state index contributed by atoms with van der Waals surface area (Å²) in [4.78, 5) is 54.0. The Labute approximate surface area is 561 Å². The molecule has 0 rings (SSSR count). The molecule has 4 unspecified atom stereocenters. The molecule has 0 radical (unpaired) electrons. The number of carboxylic acid groups (broad SMARTS) is 4. The third-order valence-electron chi connectivity index (χ3n) is 19.5. The zero-order valence-corrected chi connectivity index (χ0v) is 62.6. The molecule has 8 nitrogen and oxygen atoms in total. The van der Waals surface area contributed by atoms with Gasteiger partial charge in [0.2, 0.25) is 0 Å². The second-order valence-corrected chi connectivity index (χ2v) is 32.9. The SMILES string of the molecule is CC(C)(C)C.CC(C)CCCCCCCCCCCCCC(CC(CC(CCCCCCCCCCCCCC(C)C)C(=O)O)(CC(CCCCCCCCCCCCCC(C)C)C(=O)O)CC(CCCCCCCCCCCCCC(C)C)C(=O)O)C(=O)O. The van der Waals surface area contributed by atoms with Gasteiger partial charge in [0.1, 0.15) is 0 Å². The molecule has 8 heteroatoms. The number of carboxylic acids is 4. The highest BCUT2D eigenvalue weighted by Crippen LogP contribution is 2.48. The van der Waals surface area contributed by atoms with Gasteiger partial charge in [-0.05, 0) is 85.9 Å². The lowest BCUT2D eigenvalue weighted by Gasteiger charge is -2.41. The van der Waals surface area contributed by atoms with E-state index in [0.717, 1.165) is 126 Å². The molecule has 0 aliphatic heterocycles. The predicted octanol–water partition coefficient (Wildman–Crippen LogP) is 27.3. The second kappa shape index (κ2) is 61.7. The summed E-state index contributed by atoms with van der Waals surface area (Å²) >= 11 is 0. The number of unbranched alkanes of at least 4 members (excludes halogenated alkanes) is 40. The minimum atomic E-state index is -1.06. The van der Waals surface area contributed by atoms with Crippen molar-refractivity contribution in [3.8, 4) is 0 Å². The standard InChI is InChI=1S/C77H148O8.C5H12/c1-65(2)53-45-37-29-21-13-9-17-25-33-41-49-57-69(73(78)79)61-77(62-70(74(80)81)58-50-42-34-26-18-10-14-22-30-38-46-54-66(3)4,63-71(75(82)83)59-51-43-35-27-19-11-15-23-31-39-47-55-67(5)6)64-72(76(84)85)60-52-44-36-28-20-12-16-24-32-40-48-56-68(7)8;1-5(2,3)4/h65-72H,9-64H2,1-8H3,(H,78,79)(H,80,81)(H,82,83)(H,84,85);1-4H3. The second-order valence-electron chi connectivity index (χ2n) is 32.9. The molecule has 90 heavy (non-hydrogen) atoms. The van der Waals surface area contributed by atoms with Crippen molar-refractivity contribution in [1.82, 2.24) is 0 Å². The largest absolute Gasteiger partial charge is 0.481 e. The third kappa shape index (κ3) is 64.6. The van der Waals surface area contributed by atoms with Gasteiger partial charge in [0.05, 0.1) is 23.7 Å². The lowest BCUT2D eigenvalue weighted by atomic mass is 9.62. The summed E-state index contributed by atoms with van der Waals surface area (Å²) in [6, 6.07) is 0. The van der Waals surface area contributed by atoms with Crippen LogP contribution in [0.2, 0.25) is 0 Å². The molecule has 0 saturated heterocycles. The Kier molecular flexibility index (Phi) is 61.7. The molecule has 0 fully saturated rings. The average molecular weight is 1270 g/mol. The molecule has 0 aromatic heterocycles. The molecule has 0 aliphatic carbocycles. The summed E-state index contributed by atoms with van der Waals surface area (Å²) in [7, 11) is 0. The van der Waals surface area contributed by atoms with Crippen LogP contribution in [-0.2, 0) is 19.2 Å². The molecule has 536 valence electrons. The Hall–Kier alpha value is -2.12. The van der Waals surface area contributed by atoms with Crippen LogP contribution >= 0.6 is 0 Å². The van der Waals surface area contributed by atoms with Crippen LogP contribution in [0, 0.1) is 58.2 Å². The zero-order valence-electron chi connectivity index (χ0n) is 62.6. The minimum absolute atomic E-state index is 0.129. The van der Waals surface area contributed by atoms with E-state index in [1.54, 1.807) is 0 Å². The topological polar surface area (TPSA) is 149 Å². The average Bonchev–Trinajstić information content (AvgIpc) is 1.04. The predicted molar refractivity (Wildman–Crippen MR) is 390 cm³/mol. The maximum absolute atomic E-state index is 13.5. The van der Waals surface area contributed by atoms with Crippen LogP contribution in [0.15, 0.2) is 0 Å². The molecule has 0 spiro atoms. The fourth-order valence-corrected chi connectivity index (χ4v) is 14.0. The molecule has 0 aliphatic rings. The Bertz CT molecular complexity index is 1370. The van der Waals surface area contributed by atoms with E-state index in [1.807, 2.05) is 0 Å². The van der Waals surface area contributed by atoms with Crippen molar-refractivity contribution in [3.63, 3.8) is 0 Å². The van der Waals surface area contributed by atoms with E-state index in [4.69, 9.17) is 0 Å². The van der Waals surface area contributed by atoms with Gasteiger partial charge in [-0.1, -0.05) is 391 Å². The summed E-state index contributed by atoms with van der Waals surface area (Å²) in [5.41, 5.74) is -0.564. The summed E-state index contributed by atoms with van der Waals surface area (Å²) in [6.45, 7) is 27.1. The Balaban J connectivity index is 0. The van der Waals surface area contributed by atoms with Gasteiger partial charge in [-0.25, -0.2) is 0 Å². The van der Waals surface area contributed by atoms with Gasteiger partial charge in [0.15, 0.2) is 0 Å². The maximum Gasteiger partial charge on any atom is 0.306 e. The Morgan fingerprint density at radius 1 is 0.211 bits per heavy atom. The minimum Gasteiger partial charge on any atom is -0.481 e. The van der Waals surface area contributed by atoms with E-state index in [9.17, 15) is 39.6 Å². The number of carbonyl (C=O) groups is 4. The lowest BCUT2D eigenvalue weighted by molar-refractivity contribution is -0.148. The van der Waals surface area contributed by atoms with Crippen LogP contribution in [0.3, 0.4) is 0 Å². The van der Waals surface area contributed by atoms with E-state index in [2.05, 4.69) is 83.1 Å². The fourth-order valence-electron chi connectivity index (χ4n) is 14.0. The van der Waals surface area contributed by atoms with Crippen molar-refractivity contribution in [1.29, 1.82) is 0 Å². The van der Waals surface area contributed by atoms with E-state index >= 15 is 0 Å². The van der Waals surface area contributed by atoms with Crippen molar-refractivity contribution >= 4 is 23.9 Å². The molecule has 0 amide bonds. The molecule has 0 heterocycles. The first-order valence-electron chi connectivity index (χ1n) is 39.8. The summed E-state index contributed by atoms with van der Waals surface area (Å²) in [6.07, 6.45) is 58.8. The number of hydrogen-bond acceptors (Lipinski definition) is 4. The molecule has 4 atom stereocenters. The van der Waals surface area contributed by atoms with Gasteiger partial charge >= 0.3 is 23.9 Å². The Morgan fingerprint density at radius 2 is 0.311 bits per heavy atom. The first-order valence-corrected chi connectivity index (χ1v) is 39.8. The highest BCUT2D eigenvalue weighted by atomic mass is 16.4.